The van der Waals surface area contributed by atoms with Crippen LogP contribution in [0.4, 0.5) is 17.3 Å². The van der Waals surface area contributed by atoms with E-state index < -0.39 is 0 Å². The van der Waals surface area contributed by atoms with E-state index in [1.165, 1.54) is 6.33 Å². The maximum atomic E-state index is 11.9. The fourth-order valence-corrected chi connectivity index (χ4v) is 3.86. The number of rotatable bonds is 5. The molecular formula is C18H27N5O4. The first-order chi connectivity index (χ1) is 13.1. The van der Waals surface area contributed by atoms with Crippen molar-refractivity contribution in [3.05, 3.63) is 16.4 Å². The van der Waals surface area contributed by atoms with Crippen molar-refractivity contribution in [3.8, 4) is 0 Å². The summed E-state index contributed by atoms with van der Waals surface area (Å²) in [5, 5.41) is 11.9. The number of anilines is 2. The lowest BCUT2D eigenvalue weighted by Crippen LogP contribution is -2.38. The van der Waals surface area contributed by atoms with Crippen LogP contribution < -0.4 is 9.80 Å². The molecule has 0 unspecified atom stereocenters. The standard InChI is InChI=1S/C18H27N5O4/c1-2-27-18(24)14-7-11-22(12-8-14)17-15(23(25)26)16(19-13-20-17)21-9-5-3-4-6-10-21/h13-14H,2-12H2,1H3. The summed E-state index contributed by atoms with van der Waals surface area (Å²) in [4.78, 5) is 35.8. The summed E-state index contributed by atoms with van der Waals surface area (Å²) >= 11 is 0. The molecule has 148 valence electrons. The molecule has 0 radical (unpaired) electrons. The zero-order chi connectivity index (χ0) is 19.2. The molecule has 2 fully saturated rings. The molecule has 27 heavy (non-hydrogen) atoms. The van der Waals surface area contributed by atoms with Crippen LogP contribution in [-0.4, -0.2) is 53.6 Å². The summed E-state index contributed by atoms with van der Waals surface area (Å²) in [5.41, 5.74) is -0.0195. The van der Waals surface area contributed by atoms with Gasteiger partial charge in [-0.1, -0.05) is 12.8 Å². The minimum absolute atomic E-state index is 0.0195. The molecule has 0 atom stereocenters. The molecule has 2 saturated heterocycles. The van der Waals surface area contributed by atoms with Gasteiger partial charge >= 0.3 is 11.7 Å². The Morgan fingerprint density at radius 3 is 2.19 bits per heavy atom. The van der Waals surface area contributed by atoms with Gasteiger partial charge in [0.05, 0.1) is 17.4 Å². The van der Waals surface area contributed by atoms with E-state index in [4.69, 9.17) is 4.74 Å². The summed E-state index contributed by atoms with van der Waals surface area (Å²) in [7, 11) is 0. The molecule has 0 spiro atoms. The van der Waals surface area contributed by atoms with Crippen molar-refractivity contribution in [1.29, 1.82) is 0 Å². The van der Waals surface area contributed by atoms with Crippen LogP contribution in [0.1, 0.15) is 45.4 Å². The third-order valence-electron chi connectivity index (χ3n) is 5.29. The van der Waals surface area contributed by atoms with Crippen LogP contribution in [0.25, 0.3) is 0 Å². The van der Waals surface area contributed by atoms with Gasteiger partial charge in [0.15, 0.2) is 0 Å². The van der Waals surface area contributed by atoms with E-state index in [1.54, 1.807) is 6.92 Å². The molecule has 0 N–H and O–H groups in total. The van der Waals surface area contributed by atoms with E-state index in [2.05, 4.69) is 9.97 Å². The quantitative estimate of drug-likeness (QED) is 0.438. The first kappa shape index (κ1) is 19.3. The Balaban J connectivity index is 1.80. The molecule has 1 aromatic heterocycles. The van der Waals surface area contributed by atoms with Crippen molar-refractivity contribution in [3.63, 3.8) is 0 Å². The van der Waals surface area contributed by atoms with Crippen LogP contribution in [0.15, 0.2) is 6.33 Å². The van der Waals surface area contributed by atoms with Gasteiger partial charge in [0, 0.05) is 26.2 Å². The van der Waals surface area contributed by atoms with Crippen LogP contribution in [-0.2, 0) is 9.53 Å². The Morgan fingerprint density at radius 2 is 1.67 bits per heavy atom. The van der Waals surface area contributed by atoms with Gasteiger partial charge in [0.25, 0.3) is 0 Å². The van der Waals surface area contributed by atoms with Crippen molar-refractivity contribution < 1.29 is 14.5 Å². The lowest BCUT2D eigenvalue weighted by molar-refractivity contribution is -0.383. The van der Waals surface area contributed by atoms with Gasteiger partial charge in [-0.15, -0.1) is 0 Å². The van der Waals surface area contributed by atoms with Gasteiger partial charge < -0.3 is 14.5 Å². The van der Waals surface area contributed by atoms with Crippen molar-refractivity contribution in [2.45, 2.75) is 45.4 Å². The smallest absolute Gasteiger partial charge is 0.353 e. The summed E-state index contributed by atoms with van der Waals surface area (Å²) < 4.78 is 5.10. The number of ether oxygens (including phenoxy) is 1. The highest BCUT2D eigenvalue weighted by Crippen LogP contribution is 2.36. The zero-order valence-electron chi connectivity index (χ0n) is 15.8. The Labute approximate surface area is 158 Å². The fraction of sp³-hybridized carbons (Fsp3) is 0.722. The van der Waals surface area contributed by atoms with Gasteiger partial charge in [-0.05, 0) is 32.6 Å². The van der Waals surface area contributed by atoms with E-state index in [1.807, 2.05) is 9.80 Å². The van der Waals surface area contributed by atoms with Crippen molar-refractivity contribution in [1.82, 2.24) is 9.97 Å². The Morgan fingerprint density at radius 1 is 1.11 bits per heavy atom. The molecule has 0 aromatic carbocycles. The molecule has 9 heteroatoms. The molecule has 0 bridgehead atoms. The highest BCUT2D eigenvalue weighted by Gasteiger charge is 2.33. The number of nitrogens with zero attached hydrogens (tertiary/aromatic N) is 5. The van der Waals surface area contributed by atoms with Crippen LogP contribution in [0, 0.1) is 16.0 Å². The average Bonchev–Trinajstić information content (AvgIpc) is 2.97. The van der Waals surface area contributed by atoms with E-state index >= 15 is 0 Å². The topological polar surface area (TPSA) is 102 Å². The van der Waals surface area contributed by atoms with Crippen LogP contribution >= 0.6 is 0 Å². The van der Waals surface area contributed by atoms with Gasteiger partial charge in [-0.25, -0.2) is 9.97 Å². The summed E-state index contributed by atoms with van der Waals surface area (Å²) in [5.74, 6) is 0.447. The predicted molar refractivity (Wildman–Crippen MR) is 101 cm³/mol. The molecule has 3 rings (SSSR count). The summed E-state index contributed by atoms with van der Waals surface area (Å²) in [6.07, 6.45) is 6.95. The molecule has 0 aliphatic carbocycles. The first-order valence-electron chi connectivity index (χ1n) is 9.77. The molecule has 0 amide bonds. The van der Waals surface area contributed by atoms with E-state index in [9.17, 15) is 14.9 Å². The van der Waals surface area contributed by atoms with Gasteiger partial charge in [0.1, 0.15) is 6.33 Å². The number of carbonyl (C=O) groups is 1. The molecule has 0 saturated carbocycles. The first-order valence-corrected chi connectivity index (χ1v) is 9.77. The number of nitro groups is 1. The van der Waals surface area contributed by atoms with Gasteiger partial charge in [-0.2, -0.15) is 0 Å². The summed E-state index contributed by atoms with van der Waals surface area (Å²) in [6, 6.07) is 0. The predicted octanol–water partition coefficient (Wildman–Crippen LogP) is 2.54. The number of piperidine rings is 1. The molecule has 2 aliphatic rings. The second-order valence-electron chi connectivity index (χ2n) is 7.04. The average molecular weight is 377 g/mol. The molecule has 9 nitrogen and oxygen atoms in total. The van der Waals surface area contributed by atoms with E-state index in [0.717, 1.165) is 38.8 Å². The molecular weight excluding hydrogens is 350 g/mol. The lowest BCUT2D eigenvalue weighted by atomic mass is 9.97. The number of carbonyl (C=O) groups excluding carboxylic acids is 1. The van der Waals surface area contributed by atoms with E-state index in [-0.39, 0.29) is 22.5 Å². The van der Waals surface area contributed by atoms with Gasteiger partial charge in [0.2, 0.25) is 11.6 Å². The van der Waals surface area contributed by atoms with Gasteiger partial charge in [-0.3, -0.25) is 14.9 Å². The molecule has 2 aliphatic heterocycles. The Kier molecular flexibility index (Phi) is 6.41. The van der Waals surface area contributed by atoms with Crippen LogP contribution in [0.5, 0.6) is 0 Å². The number of aromatic nitrogens is 2. The maximum Gasteiger partial charge on any atom is 0.353 e. The Bertz CT molecular complexity index is 668. The van der Waals surface area contributed by atoms with Crippen LogP contribution in [0.3, 0.4) is 0 Å². The van der Waals surface area contributed by atoms with Crippen molar-refractivity contribution >= 4 is 23.3 Å². The highest BCUT2D eigenvalue weighted by molar-refractivity contribution is 5.74. The van der Waals surface area contributed by atoms with Crippen molar-refractivity contribution in [2.24, 2.45) is 5.92 Å². The lowest BCUT2D eigenvalue weighted by Gasteiger charge is -2.32. The third kappa shape index (κ3) is 4.45. The highest BCUT2D eigenvalue weighted by atomic mass is 16.6. The SMILES string of the molecule is CCOC(=O)C1CCN(c2ncnc(N3CCCCCC3)c2[N+](=O)[O-])CC1. The maximum absolute atomic E-state index is 11.9. The number of hydrogen-bond donors (Lipinski definition) is 0. The molecule has 1 aromatic rings. The minimum atomic E-state index is -0.368. The second-order valence-corrected chi connectivity index (χ2v) is 7.04. The minimum Gasteiger partial charge on any atom is -0.466 e. The molecule has 3 heterocycles. The third-order valence-corrected chi connectivity index (χ3v) is 5.29. The zero-order valence-corrected chi connectivity index (χ0v) is 15.8. The summed E-state index contributed by atoms with van der Waals surface area (Å²) in [6.45, 7) is 4.81. The number of hydrogen-bond acceptors (Lipinski definition) is 8. The second kappa shape index (κ2) is 8.96. The normalized spacial score (nSPS) is 18.9. The Hall–Kier alpha value is -2.45. The monoisotopic (exact) mass is 377 g/mol. The van der Waals surface area contributed by atoms with E-state index in [0.29, 0.717) is 44.2 Å². The number of esters is 1. The fourth-order valence-electron chi connectivity index (χ4n) is 3.86. The largest absolute Gasteiger partial charge is 0.466 e. The van der Waals surface area contributed by atoms with Crippen LogP contribution in [0.2, 0.25) is 0 Å². The van der Waals surface area contributed by atoms with Crippen molar-refractivity contribution in [2.75, 3.05) is 42.6 Å².